The minimum absolute atomic E-state index is 0.0323. The molecule has 1 aliphatic heterocycles. The summed E-state index contributed by atoms with van der Waals surface area (Å²) in [6, 6.07) is 7.67. The van der Waals surface area contributed by atoms with E-state index in [1.807, 2.05) is 0 Å². The molecule has 3 aromatic rings. The smallest absolute Gasteiger partial charge is 0.229 e. The molecule has 14 nitrogen and oxygen atoms in total. The maximum Gasteiger partial charge on any atom is 0.229 e. The molecule has 4 rings (SSSR count). The van der Waals surface area contributed by atoms with Gasteiger partial charge >= 0.3 is 0 Å². The van der Waals surface area contributed by atoms with Crippen molar-refractivity contribution in [3.8, 4) is 34.3 Å². The summed E-state index contributed by atoms with van der Waals surface area (Å²) in [5.41, 5.74) is -0.617. The van der Waals surface area contributed by atoms with Gasteiger partial charge in [-0.1, -0.05) is 0 Å². The number of hydrogen-bond donors (Lipinski definition) is 10. The summed E-state index contributed by atoms with van der Waals surface area (Å²) in [6.07, 6.45) is -17.3. The molecule has 1 unspecified atom stereocenters. The lowest BCUT2D eigenvalue weighted by molar-refractivity contribution is -0.298. The van der Waals surface area contributed by atoms with E-state index in [0.29, 0.717) is 5.56 Å². The summed E-state index contributed by atoms with van der Waals surface area (Å²) in [5, 5.41) is 101. The van der Waals surface area contributed by atoms with Crippen molar-refractivity contribution in [2.24, 2.45) is 0 Å². The third-order valence-corrected chi connectivity index (χ3v) is 6.46. The summed E-state index contributed by atoms with van der Waals surface area (Å²) in [7, 11) is 0. The molecule has 0 radical (unpaired) electrons. The molecule has 9 atom stereocenters. The molecule has 14 heteroatoms. The Kier molecular flexibility index (Phi) is 8.02. The number of hydrogen-bond acceptors (Lipinski definition) is 14. The Hall–Kier alpha value is -3.47. The quantitative estimate of drug-likeness (QED) is 0.146. The Morgan fingerprint density at radius 1 is 0.846 bits per heavy atom. The van der Waals surface area contributed by atoms with E-state index in [-0.39, 0.29) is 17.1 Å². The van der Waals surface area contributed by atoms with Crippen LogP contribution in [0.4, 0.5) is 0 Å². The van der Waals surface area contributed by atoms with Gasteiger partial charge in [0.15, 0.2) is 16.9 Å². The van der Waals surface area contributed by atoms with E-state index in [1.165, 1.54) is 24.3 Å². The second kappa shape index (κ2) is 11.0. The van der Waals surface area contributed by atoms with Crippen LogP contribution in [0.1, 0.15) is 6.92 Å². The van der Waals surface area contributed by atoms with Gasteiger partial charge in [0.2, 0.25) is 12.0 Å². The van der Waals surface area contributed by atoms with Gasteiger partial charge < -0.3 is 65.0 Å². The minimum atomic E-state index is -2.10. The van der Waals surface area contributed by atoms with Gasteiger partial charge in [-0.2, -0.15) is 0 Å². The summed E-state index contributed by atoms with van der Waals surface area (Å²) < 4.78 is 16.5. The molecule has 1 aliphatic rings. The standard InChI is InChI=1S/C25H28O14/c1-8(26)16(29)19(32)21(34)24-22(35)20(33)23(36)25(39-24)38-14-7-13-15(18(31)17(14)30)11(28)6-12(37-13)9-2-4-10(27)5-3-9/h2-8,16,19-27,29-36H,1H3/t8-,16-,19+,20+,21-,22+,23-,24-,25?/m1/s1. The molecule has 1 fully saturated rings. The predicted octanol–water partition coefficient (Wildman–Crippen LogP) is -1.77. The van der Waals surface area contributed by atoms with Gasteiger partial charge in [0, 0.05) is 17.7 Å². The van der Waals surface area contributed by atoms with E-state index in [4.69, 9.17) is 13.9 Å². The largest absolute Gasteiger partial charge is 0.508 e. The number of benzene rings is 2. The molecule has 0 aliphatic carbocycles. The molecule has 212 valence electrons. The number of aliphatic hydroxyl groups is 7. The normalized spacial score (nSPS) is 26.6. The lowest BCUT2D eigenvalue weighted by atomic mass is 9.90. The maximum atomic E-state index is 12.7. The van der Waals surface area contributed by atoms with Crippen molar-refractivity contribution in [2.45, 2.75) is 62.0 Å². The van der Waals surface area contributed by atoms with Crippen LogP contribution < -0.4 is 10.2 Å². The zero-order valence-corrected chi connectivity index (χ0v) is 20.3. The zero-order chi connectivity index (χ0) is 28.8. The lowest BCUT2D eigenvalue weighted by Crippen LogP contribution is -2.64. The summed E-state index contributed by atoms with van der Waals surface area (Å²) in [4.78, 5) is 12.7. The highest BCUT2D eigenvalue weighted by Crippen LogP contribution is 2.42. The highest BCUT2D eigenvalue weighted by molar-refractivity contribution is 5.89. The SMILES string of the molecule is C[C@@H](O)[C@@H](O)[C@H](O)[C@@H](O)[C@H]1OC(Oc2cc3oc(-c4ccc(O)cc4)cc(=O)c3c(O)c2O)[C@H](O)[C@@H](O)[C@@H]1O. The van der Waals surface area contributed by atoms with Crippen molar-refractivity contribution in [3.05, 3.63) is 46.6 Å². The van der Waals surface area contributed by atoms with Crippen LogP contribution in [0.3, 0.4) is 0 Å². The van der Waals surface area contributed by atoms with E-state index in [2.05, 4.69) is 0 Å². The number of phenolic OH excluding ortho intramolecular Hbond substituents is 3. The van der Waals surface area contributed by atoms with Crippen molar-refractivity contribution in [2.75, 3.05) is 0 Å². The van der Waals surface area contributed by atoms with E-state index in [0.717, 1.165) is 19.1 Å². The van der Waals surface area contributed by atoms with Crippen LogP contribution in [0.15, 0.2) is 45.6 Å². The van der Waals surface area contributed by atoms with E-state index in [9.17, 15) is 55.9 Å². The zero-order valence-electron chi connectivity index (χ0n) is 20.3. The van der Waals surface area contributed by atoms with Crippen LogP contribution in [0.5, 0.6) is 23.0 Å². The number of fused-ring (bicyclic) bond motifs is 1. The van der Waals surface area contributed by atoms with Gasteiger partial charge in [0.05, 0.1) is 6.10 Å². The Morgan fingerprint density at radius 3 is 2.10 bits per heavy atom. The first-order chi connectivity index (χ1) is 18.3. The Balaban J connectivity index is 1.69. The van der Waals surface area contributed by atoms with Crippen LogP contribution in [0, 0.1) is 0 Å². The monoisotopic (exact) mass is 552 g/mol. The fourth-order valence-corrected chi connectivity index (χ4v) is 4.19. The average molecular weight is 552 g/mol. The molecule has 1 saturated heterocycles. The van der Waals surface area contributed by atoms with Gasteiger partial charge in [0.25, 0.3) is 0 Å². The molecular formula is C25H28O14. The van der Waals surface area contributed by atoms with Gasteiger partial charge in [-0.3, -0.25) is 4.79 Å². The molecule has 0 bridgehead atoms. The van der Waals surface area contributed by atoms with Crippen molar-refractivity contribution >= 4 is 11.0 Å². The topological polar surface area (TPSA) is 251 Å². The highest BCUT2D eigenvalue weighted by Gasteiger charge is 2.50. The number of phenols is 3. The van der Waals surface area contributed by atoms with Crippen LogP contribution in [-0.4, -0.2) is 106 Å². The van der Waals surface area contributed by atoms with Gasteiger partial charge in [-0.05, 0) is 31.2 Å². The minimum Gasteiger partial charge on any atom is -0.508 e. The summed E-state index contributed by atoms with van der Waals surface area (Å²) >= 11 is 0. The molecule has 0 spiro atoms. The summed E-state index contributed by atoms with van der Waals surface area (Å²) in [5.74, 6) is -2.51. The van der Waals surface area contributed by atoms with Crippen LogP contribution in [0.25, 0.3) is 22.3 Å². The molecule has 2 aromatic carbocycles. The molecule has 39 heavy (non-hydrogen) atoms. The molecule has 0 amide bonds. The molecule has 2 heterocycles. The van der Waals surface area contributed by atoms with Crippen LogP contribution >= 0.6 is 0 Å². The van der Waals surface area contributed by atoms with E-state index in [1.54, 1.807) is 0 Å². The first-order valence-corrected chi connectivity index (χ1v) is 11.7. The average Bonchev–Trinajstić information content (AvgIpc) is 2.90. The van der Waals surface area contributed by atoms with E-state index < -0.39 is 83.2 Å². The Morgan fingerprint density at radius 2 is 1.49 bits per heavy atom. The van der Waals surface area contributed by atoms with Crippen LogP contribution in [-0.2, 0) is 4.74 Å². The van der Waals surface area contributed by atoms with Crippen molar-refractivity contribution in [1.29, 1.82) is 0 Å². The Bertz CT molecular complexity index is 1370. The van der Waals surface area contributed by atoms with Gasteiger partial charge in [0.1, 0.15) is 65.2 Å². The van der Waals surface area contributed by atoms with Crippen molar-refractivity contribution < 1.29 is 65.0 Å². The van der Waals surface area contributed by atoms with Crippen LogP contribution in [0.2, 0.25) is 0 Å². The predicted molar refractivity (Wildman–Crippen MR) is 130 cm³/mol. The first-order valence-electron chi connectivity index (χ1n) is 11.7. The number of aliphatic hydroxyl groups excluding tert-OH is 7. The number of aromatic hydroxyl groups is 3. The third-order valence-electron chi connectivity index (χ3n) is 6.46. The molecule has 1 aromatic heterocycles. The lowest BCUT2D eigenvalue weighted by Gasteiger charge is -2.43. The first kappa shape index (κ1) is 28.5. The molecule has 10 N–H and O–H groups in total. The fourth-order valence-electron chi connectivity index (χ4n) is 4.19. The van der Waals surface area contributed by atoms with Crippen molar-refractivity contribution in [1.82, 2.24) is 0 Å². The van der Waals surface area contributed by atoms with Gasteiger partial charge in [-0.15, -0.1) is 0 Å². The molecule has 0 saturated carbocycles. The molecular weight excluding hydrogens is 524 g/mol. The maximum absolute atomic E-state index is 12.7. The second-order valence-corrected chi connectivity index (χ2v) is 9.24. The number of rotatable bonds is 7. The summed E-state index contributed by atoms with van der Waals surface area (Å²) in [6.45, 7) is 1.13. The Labute approximate surface area is 219 Å². The van der Waals surface area contributed by atoms with E-state index >= 15 is 0 Å². The second-order valence-electron chi connectivity index (χ2n) is 9.24. The number of ether oxygens (including phenoxy) is 2. The fraction of sp³-hybridized carbons (Fsp3) is 0.400. The van der Waals surface area contributed by atoms with Crippen molar-refractivity contribution in [3.63, 3.8) is 0 Å². The highest BCUT2D eigenvalue weighted by atomic mass is 16.7. The van der Waals surface area contributed by atoms with Gasteiger partial charge in [-0.25, -0.2) is 0 Å². The third kappa shape index (κ3) is 5.36.